The van der Waals surface area contributed by atoms with Crippen LogP contribution in [0.15, 0.2) is 36.5 Å². The highest BCUT2D eigenvalue weighted by Gasteiger charge is 2.56. The summed E-state index contributed by atoms with van der Waals surface area (Å²) in [7, 11) is 0.999. The second-order valence-electron chi connectivity index (χ2n) is 11.2. The van der Waals surface area contributed by atoms with Gasteiger partial charge in [-0.05, 0) is 36.5 Å². The predicted octanol–water partition coefficient (Wildman–Crippen LogP) is 4.20. The maximum Gasteiger partial charge on any atom is 0.342 e. The monoisotopic (exact) mass is 673 g/mol. The van der Waals surface area contributed by atoms with E-state index >= 15 is 8.78 Å². The zero-order chi connectivity index (χ0) is 34.7. The summed E-state index contributed by atoms with van der Waals surface area (Å²) in [6.45, 7) is 3.64. The Labute approximate surface area is 272 Å². The van der Waals surface area contributed by atoms with Crippen LogP contribution < -0.4 is 0 Å². The first kappa shape index (κ1) is 34.4. The highest BCUT2D eigenvalue weighted by atomic mass is 19.1. The number of H-pyrrole nitrogens is 1. The van der Waals surface area contributed by atoms with Crippen LogP contribution in [0.4, 0.5) is 8.78 Å². The van der Waals surface area contributed by atoms with E-state index in [1.54, 1.807) is 24.3 Å². The second-order valence-corrected chi connectivity index (χ2v) is 11.2. The van der Waals surface area contributed by atoms with Crippen molar-refractivity contribution in [3.05, 3.63) is 59.3 Å². The summed E-state index contributed by atoms with van der Waals surface area (Å²) in [6, 6.07) is 7.61. The zero-order valence-corrected chi connectivity index (χ0v) is 26.4. The van der Waals surface area contributed by atoms with Gasteiger partial charge in [-0.2, -0.15) is 0 Å². The fraction of sp³-hybridized carbons (Fsp3) is 0.424. The van der Waals surface area contributed by atoms with E-state index < -0.39 is 83.3 Å². The van der Waals surface area contributed by atoms with E-state index in [4.69, 9.17) is 33.2 Å². The first-order valence-corrected chi connectivity index (χ1v) is 15.1. The van der Waals surface area contributed by atoms with Gasteiger partial charge in [-0.15, -0.1) is 0 Å². The van der Waals surface area contributed by atoms with Gasteiger partial charge < -0.3 is 38.1 Å². The second kappa shape index (κ2) is 14.5. The lowest BCUT2D eigenvalue weighted by Gasteiger charge is -2.42. The van der Waals surface area contributed by atoms with Crippen LogP contribution in [0, 0.1) is 11.6 Å². The van der Waals surface area contributed by atoms with Crippen molar-refractivity contribution in [2.75, 3.05) is 13.7 Å². The molecular formula is C33H33F2NO12. The lowest BCUT2D eigenvalue weighted by atomic mass is 9.96. The van der Waals surface area contributed by atoms with Crippen LogP contribution in [0.5, 0.6) is 0 Å². The number of carbonyl (C=O) groups excluding carboxylic acids is 5. The number of aromatic amines is 1. The molecule has 48 heavy (non-hydrogen) atoms. The molecular weight excluding hydrogens is 640 g/mol. The third-order valence-corrected chi connectivity index (χ3v) is 7.89. The third kappa shape index (κ3) is 7.16. The van der Waals surface area contributed by atoms with Gasteiger partial charge in [-0.1, -0.05) is 24.3 Å². The Kier molecular flexibility index (Phi) is 10.4. The van der Waals surface area contributed by atoms with Crippen LogP contribution in [0.2, 0.25) is 0 Å². The number of hydrogen-bond donors (Lipinski definition) is 1. The van der Waals surface area contributed by atoms with E-state index in [9.17, 15) is 24.0 Å². The van der Waals surface area contributed by atoms with Gasteiger partial charge in [-0.3, -0.25) is 14.4 Å². The molecule has 5 rings (SSSR count). The summed E-state index contributed by atoms with van der Waals surface area (Å²) >= 11 is 0. The van der Waals surface area contributed by atoms with Gasteiger partial charge >= 0.3 is 29.8 Å². The maximum absolute atomic E-state index is 16.2. The molecule has 0 aliphatic carbocycles. The Hall–Kier alpha value is -4.89. The normalized spacial score (nSPS) is 24.0. The topological polar surface area (TPSA) is 166 Å². The van der Waals surface area contributed by atoms with E-state index in [1.807, 2.05) is 0 Å². The fourth-order valence-corrected chi connectivity index (χ4v) is 5.86. The van der Waals surface area contributed by atoms with Crippen LogP contribution in [0.25, 0.3) is 22.0 Å². The highest BCUT2D eigenvalue weighted by Crippen LogP contribution is 2.37. The molecule has 0 saturated carbocycles. The van der Waals surface area contributed by atoms with E-state index in [1.165, 1.54) is 0 Å². The standard InChI is InChI=1S/C33H33F2NO12/c1-15(37)44-27-28(45-16(2)38)30(46-17(3)39)33(47-29(27)32(41)42-4)48-31(40)20-14-36-22-13-21(34)24(26(35)25(20)22)19-10-8-18(9-11-19)23-7-5-6-12-43-23/h8-11,13-14,23,27-30,33,36H,5-7,12H2,1-4H3/t23-,27-,28-,29-,30+,33-/m0/s1. The number of aromatic nitrogens is 1. The largest absolute Gasteiger partial charge is 0.467 e. The van der Waals surface area contributed by atoms with Crippen molar-refractivity contribution in [1.29, 1.82) is 0 Å². The van der Waals surface area contributed by atoms with Gasteiger partial charge in [0, 0.05) is 33.6 Å². The Balaban J connectivity index is 1.50. The predicted molar refractivity (Wildman–Crippen MR) is 159 cm³/mol. The number of methoxy groups -OCH3 is 1. The summed E-state index contributed by atoms with van der Waals surface area (Å²) in [5, 5.41) is -0.324. The molecule has 2 saturated heterocycles. The highest BCUT2D eigenvalue weighted by molar-refractivity contribution is 6.05. The van der Waals surface area contributed by atoms with Gasteiger partial charge in [0.2, 0.25) is 12.4 Å². The van der Waals surface area contributed by atoms with Crippen molar-refractivity contribution in [3.8, 4) is 11.1 Å². The molecule has 0 unspecified atom stereocenters. The van der Waals surface area contributed by atoms with Crippen molar-refractivity contribution < 1.29 is 65.9 Å². The molecule has 0 amide bonds. The van der Waals surface area contributed by atoms with Crippen LogP contribution in [-0.4, -0.2) is 79.3 Å². The summed E-state index contributed by atoms with van der Waals surface area (Å²) in [5.41, 5.74) is 0.202. The Morgan fingerprint density at radius 3 is 2.10 bits per heavy atom. The van der Waals surface area contributed by atoms with Gasteiger partial charge in [0.25, 0.3) is 0 Å². The number of esters is 5. The van der Waals surface area contributed by atoms with Gasteiger partial charge in [0.15, 0.2) is 18.3 Å². The molecule has 2 fully saturated rings. The molecule has 2 aliphatic heterocycles. The van der Waals surface area contributed by atoms with Crippen LogP contribution in [0.3, 0.4) is 0 Å². The minimum absolute atomic E-state index is 0.0748. The third-order valence-electron chi connectivity index (χ3n) is 7.89. The molecule has 6 atom stereocenters. The summed E-state index contributed by atoms with van der Waals surface area (Å²) in [4.78, 5) is 65.0. The van der Waals surface area contributed by atoms with E-state index in [2.05, 4.69) is 4.98 Å². The number of rotatable bonds is 8. The van der Waals surface area contributed by atoms with Crippen molar-refractivity contribution in [3.63, 3.8) is 0 Å². The van der Waals surface area contributed by atoms with Crippen molar-refractivity contribution >= 4 is 40.7 Å². The Bertz CT molecular complexity index is 1720. The van der Waals surface area contributed by atoms with E-state index in [0.29, 0.717) is 6.61 Å². The van der Waals surface area contributed by atoms with Crippen LogP contribution in [-0.2, 0) is 52.3 Å². The van der Waals surface area contributed by atoms with E-state index in [-0.39, 0.29) is 22.6 Å². The molecule has 13 nitrogen and oxygen atoms in total. The van der Waals surface area contributed by atoms with Crippen LogP contribution >= 0.6 is 0 Å². The smallest absolute Gasteiger partial charge is 0.342 e. The van der Waals surface area contributed by atoms with Gasteiger partial charge in [-0.25, -0.2) is 18.4 Å². The molecule has 15 heteroatoms. The molecule has 1 N–H and O–H groups in total. The lowest BCUT2D eigenvalue weighted by molar-refractivity contribution is -0.288. The average molecular weight is 674 g/mol. The summed E-state index contributed by atoms with van der Waals surface area (Å²) < 4.78 is 68.9. The molecule has 0 bridgehead atoms. The summed E-state index contributed by atoms with van der Waals surface area (Å²) in [5.74, 6) is -7.12. The number of nitrogens with one attached hydrogen (secondary N) is 1. The number of carbonyl (C=O) groups is 5. The SMILES string of the molecule is COC(=O)[C@H]1O[C@@H](OC(=O)c2c[nH]c3cc(F)c(-c4ccc([C@@H]5CCCCO5)cc4)c(F)c23)[C@H](OC(C)=O)[C@@H](OC(C)=O)[C@@H]1OC(C)=O. The average Bonchev–Trinajstić information content (AvgIpc) is 3.47. The molecule has 3 aromatic rings. The minimum Gasteiger partial charge on any atom is -0.467 e. The quantitative estimate of drug-likeness (QED) is 0.268. The minimum atomic E-state index is -1.97. The van der Waals surface area contributed by atoms with Crippen molar-refractivity contribution in [2.24, 2.45) is 0 Å². The first-order valence-electron chi connectivity index (χ1n) is 15.1. The molecule has 256 valence electrons. The number of fused-ring (bicyclic) bond motifs is 1. The fourth-order valence-electron chi connectivity index (χ4n) is 5.86. The molecule has 3 heterocycles. The first-order chi connectivity index (χ1) is 22.9. The number of ether oxygens (including phenoxy) is 7. The number of benzene rings is 2. The van der Waals surface area contributed by atoms with Crippen molar-refractivity contribution in [2.45, 2.75) is 76.8 Å². The number of hydrogen-bond acceptors (Lipinski definition) is 12. The molecule has 0 spiro atoms. The Morgan fingerprint density at radius 2 is 1.50 bits per heavy atom. The van der Waals surface area contributed by atoms with E-state index in [0.717, 1.165) is 65.0 Å². The molecule has 1 aromatic heterocycles. The summed E-state index contributed by atoms with van der Waals surface area (Å²) in [6.07, 6.45) is -5.19. The van der Waals surface area contributed by atoms with Gasteiger partial charge in [0.1, 0.15) is 11.6 Å². The van der Waals surface area contributed by atoms with Gasteiger partial charge in [0.05, 0.1) is 35.2 Å². The molecule has 2 aromatic carbocycles. The molecule has 0 radical (unpaired) electrons. The molecule has 2 aliphatic rings. The lowest BCUT2D eigenvalue weighted by Crippen LogP contribution is -2.64. The van der Waals surface area contributed by atoms with Crippen molar-refractivity contribution in [1.82, 2.24) is 4.98 Å². The zero-order valence-electron chi connectivity index (χ0n) is 26.4. The maximum atomic E-state index is 16.2. The van der Waals surface area contributed by atoms with Crippen LogP contribution in [0.1, 0.15) is 62.1 Å². The Morgan fingerprint density at radius 1 is 0.854 bits per heavy atom. The number of halogens is 2.